The fourth-order valence-corrected chi connectivity index (χ4v) is 4.92. The number of aryl methyl sites for hydroxylation is 1. The lowest BCUT2D eigenvalue weighted by molar-refractivity contribution is -0.126. The van der Waals surface area contributed by atoms with Gasteiger partial charge in [0.15, 0.2) is 0 Å². The van der Waals surface area contributed by atoms with Crippen LogP contribution in [0, 0.1) is 12.8 Å². The normalized spacial score (nSPS) is 16.2. The van der Waals surface area contributed by atoms with Gasteiger partial charge in [0.1, 0.15) is 16.4 Å². The van der Waals surface area contributed by atoms with Crippen LogP contribution in [0.4, 0.5) is 0 Å². The lowest BCUT2D eigenvalue weighted by Crippen LogP contribution is -2.42. The Bertz CT molecular complexity index is 885. The lowest BCUT2D eigenvalue weighted by atomic mass is 9.97. The van der Waals surface area contributed by atoms with Crippen LogP contribution >= 0.6 is 0 Å². The highest BCUT2D eigenvalue weighted by Crippen LogP contribution is 2.30. The summed E-state index contributed by atoms with van der Waals surface area (Å²) in [4.78, 5) is 12.5. The van der Waals surface area contributed by atoms with Gasteiger partial charge in [0.25, 0.3) is 0 Å². The Kier molecular flexibility index (Phi) is 5.86. The second-order valence-electron chi connectivity index (χ2n) is 6.63. The molecule has 0 unspecified atom stereocenters. The predicted octanol–water partition coefficient (Wildman–Crippen LogP) is 2.31. The van der Waals surface area contributed by atoms with Crippen molar-refractivity contribution in [1.82, 2.24) is 9.62 Å². The molecule has 2 aromatic rings. The summed E-state index contributed by atoms with van der Waals surface area (Å²) in [6.45, 7) is 2.79. The number of piperidine rings is 1. The first-order valence-electron chi connectivity index (χ1n) is 8.86. The van der Waals surface area contributed by atoms with Crippen molar-refractivity contribution in [3.63, 3.8) is 0 Å². The molecule has 0 bridgehead atoms. The molecule has 3 rings (SSSR count). The molecule has 8 heteroatoms. The van der Waals surface area contributed by atoms with Crippen LogP contribution in [0.3, 0.4) is 0 Å². The molecule has 1 amide bonds. The van der Waals surface area contributed by atoms with Gasteiger partial charge < -0.3 is 14.5 Å². The molecular formula is C19H24N2O5S. The summed E-state index contributed by atoms with van der Waals surface area (Å²) in [5, 5.41) is 2.85. The third-order valence-electron chi connectivity index (χ3n) is 4.78. The van der Waals surface area contributed by atoms with Crippen LogP contribution in [0.15, 0.2) is 45.9 Å². The van der Waals surface area contributed by atoms with Gasteiger partial charge in [-0.2, -0.15) is 4.31 Å². The largest absolute Gasteiger partial charge is 0.495 e. The molecule has 1 saturated heterocycles. The number of nitrogens with one attached hydrogen (secondary N) is 1. The summed E-state index contributed by atoms with van der Waals surface area (Å²) < 4.78 is 37.9. The number of furan rings is 1. The van der Waals surface area contributed by atoms with Gasteiger partial charge >= 0.3 is 0 Å². The molecule has 0 saturated carbocycles. The van der Waals surface area contributed by atoms with Crippen LogP contribution in [0.2, 0.25) is 0 Å². The zero-order valence-corrected chi connectivity index (χ0v) is 16.3. The van der Waals surface area contributed by atoms with Gasteiger partial charge in [-0.3, -0.25) is 4.79 Å². The number of carbonyl (C=O) groups is 1. The number of amides is 1. The lowest BCUT2D eigenvalue weighted by Gasteiger charge is -2.31. The zero-order chi connectivity index (χ0) is 19.4. The maximum absolute atomic E-state index is 13.0. The Morgan fingerprint density at radius 3 is 2.67 bits per heavy atom. The highest BCUT2D eigenvalue weighted by Gasteiger charge is 2.33. The third-order valence-corrected chi connectivity index (χ3v) is 6.70. The molecular weight excluding hydrogens is 368 g/mol. The minimum absolute atomic E-state index is 0.0726. The van der Waals surface area contributed by atoms with Crippen molar-refractivity contribution in [1.29, 1.82) is 0 Å². The number of rotatable bonds is 6. The van der Waals surface area contributed by atoms with Crippen molar-refractivity contribution in [3.8, 4) is 5.75 Å². The molecule has 146 valence electrons. The number of sulfonamides is 1. The number of ether oxygens (including phenoxy) is 1. The average Bonchev–Trinajstić information content (AvgIpc) is 3.20. The summed E-state index contributed by atoms with van der Waals surface area (Å²) in [6.07, 6.45) is 2.53. The number of carbonyl (C=O) groups excluding carboxylic acids is 1. The molecule has 7 nitrogen and oxygen atoms in total. The smallest absolute Gasteiger partial charge is 0.246 e. The van der Waals surface area contributed by atoms with Gasteiger partial charge in [-0.25, -0.2) is 8.42 Å². The minimum Gasteiger partial charge on any atom is -0.495 e. The molecule has 1 aromatic carbocycles. The molecule has 1 aliphatic heterocycles. The highest BCUT2D eigenvalue weighted by atomic mass is 32.2. The van der Waals surface area contributed by atoms with Gasteiger partial charge in [0, 0.05) is 19.0 Å². The van der Waals surface area contributed by atoms with Gasteiger partial charge in [0.2, 0.25) is 15.9 Å². The van der Waals surface area contributed by atoms with Crippen molar-refractivity contribution in [3.05, 3.63) is 47.9 Å². The fraction of sp³-hybridized carbons (Fsp3) is 0.421. The van der Waals surface area contributed by atoms with Crippen LogP contribution in [-0.2, 0) is 21.4 Å². The van der Waals surface area contributed by atoms with Crippen molar-refractivity contribution < 1.29 is 22.4 Å². The number of nitrogens with zero attached hydrogens (tertiary/aromatic N) is 1. The SMILES string of the molecule is COc1ccc(C)cc1S(=O)(=O)N1CCC(C(=O)NCc2ccco2)CC1. The maximum atomic E-state index is 13.0. The Hall–Kier alpha value is -2.32. The summed E-state index contributed by atoms with van der Waals surface area (Å²) in [6, 6.07) is 8.66. The molecule has 2 heterocycles. The van der Waals surface area contributed by atoms with Crippen molar-refractivity contribution >= 4 is 15.9 Å². The summed E-state index contributed by atoms with van der Waals surface area (Å²) in [5.74, 6) is 0.747. The molecule has 1 fully saturated rings. The monoisotopic (exact) mass is 392 g/mol. The molecule has 1 aromatic heterocycles. The van der Waals surface area contributed by atoms with Gasteiger partial charge in [-0.1, -0.05) is 6.07 Å². The maximum Gasteiger partial charge on any atom is 0.246 e. The van der Waals surface area contributed by atoms with Gasteiger partial charge in [0.05, 0.1) is 19.9 Å². The molecule has 1 N–H and O–H groups in total. The molecule has 0 spiro atoms. The number of hydrogen-bond donors (Lipinski definition) is 1. The summed E-state index contributed by atoms with van der Waals surface area (Å²) in [7, 11) is -2.20. The van der Waals surface area contributed by atoms with E-state index >= 15 is 0 Å². The highest BCUT2D eigenvalue weighted by molar-refractivity contribution is 7.89. The van der Waals surface area contributed by atoms with E-state index in [0.29, 0.717) is 44.0 Å². The molecule has 0 radical (unpaired) electrons. The molecule has 0 aliphatic carbocycles. The summed E-state index contributed by atoms with van der Waals surface area (Å²) >= 11 is 0. The standard InChI is InChI=1S/C19H24N2O5S/c1-14-5-6-17(25-2)18(12-14)27(23,24)21-9-7-15(8-10-21)19(22)20-13-16-4-3-11-26-16/h3-6,11-12,15H,7-10,13H2,1-2H3,(H,20,22). The van der Waals surface area contributed by atoms with E-state index in [4.69, 9.17) is 9.15 Å². The van der Waals surface area contributed by atoms with Crippen LogP contribution in [0.5, 0.6) is 5.75 Å². The van der Waals surface area contributed by atoms with Gasteiger partial charge in [-0.05, 0) is 49.6 Å². The summed E-state index contributed by atoms with van der Waals surface area (Å²) in [5.41, 5.74) is 0.849. The Balaban J connectivity index is 1.63. The first-order chi connectivity index (χ1) is 12.9. The molecule has 0 atom stereocenters. The second kappa shape index (κ2) is 8.14. The minimum atomic E-state index is -3.66. The second-order valence-corrected chi connectivity index (χ2v) is 8.54. The van der Waals surface area contributed by atoms with Crippen LogP contribution in [0.25, 0.3) is 0 Å². The Morgan fingerprint density at radius 2 is 2.04 bits per heavy atom. The van der Waals surface area contributed by atoms with E-state index < -0.39 is 10.0 Å². The van der Waals surface area contributed by atoms with E-state index in [1.54, 1.807) is 30.5 Å². The van der Waals surface area contributed by atoms with Crippen molar-refractivity contribution in [2.45, 2.75) is 31.2 Å². The van der Waals surface area contributed by atoms with Crippen LogP contribution < -0.4 is 10.1 Å². The van der Waals surface area contributed by atoms with E-state index in [1.165, 1.54) is 11.4 Å². The third kappa shape index (κ3) is 4.33. The first-order valence-corrected chi connectivity index (χ1v) is 10.3. The predicted molar refractivity (Wildman–Crippen MR) is 99.8 cm³/mol. The van der Waals surface area contributed by atoms with E-state index in [2.05, 4.69) is 5.32 Å². The fourth-order valence-electron chi connectivity index (χ4n) is 3.21. The van der Waals surface area contributed by atoms with E-state index in [9.17, 15) is 13.2 Å². The Labute approximate surface area is 159 Å². The topological polar surface area (TPSA) is 88.9 Å². The molecule has 27 heavy (non-hydrogen) atoms. The number of hydrogen-bond acceptors (Lipinski definition) is 5. The quantitative estimate of drug-likeness (QED) is 0.815. The first kappa shape index (κ1) is 19.4. The number of methoxy groups -OCH3 is 1. The van der Waals surface area contributed by atoms with E-state index in [0.717, 1.165) is 5.56 Å². The van der Waals surface area contributed by atoms with Crippen molar-refractivity contribution in [2.24, 2.45) is 5.92 Å². The van der Waals surface area contributed by atoms with E-state index in [1.807, 2.05) is 13.0 Å². The Morgan fingerprint density at radius 1 is 1.30 bits per heavy atom. The average molecular weight is 392 g/mol. The van der Waals surface area contributed by atoms with Crippen molar-refractivity contribution in [2.75, 3.05) is 20.2 Å². The molecule has 1 aliphatic rings. The van der Waals surface area contributed by atoms with Gasteiger partial charge in [-0.15, -0.1) is 0 Å². The zero-order valence-electron chi connectivity index (χ0n) is 15.5. The van der Waals surface area contributed by atoms with Crippen LogP contribution in [0.1, 0.15) is 24.2 Å². The van der Waals surface area contributed by atoms with E-state index in [-0.39, 0.29) is 16.7 Å². The van der Waals surface area contributed by atoms with Crippen LogP contribution in [-0.4, -0.2) is 38.8 Å². The number of benzene rings is 1.